The molecule has 0 saturated carbocycles. The molecule has 4 heteroatoms. The Morgan fingerprint density at radius 2 is 2.62 bits per heavy atom. The lowest BCUT2D eigenvalue weighted by molar-refractivity contribution is 0.268. The monoisotopic (exact) mass is 112 g/mol. The number of rotatable bonds is 2. The van der Waals surface area contributed by atoms with Gasteiger partial charge in [0.25, 0.3) is 0 Å². The van der Waals surface area contributed by atoms with E-state index in [1.165, 1.54) is 4.68 Å². The highest BCUT2D eigenvalue weighted by atomic mass is 16.3. The summed E-state index contributed by atoms with van der Waals surface area (Å²) in [5.41, 5.74) is 0. The Hall–Kier alpha value is -0.900. The van der Waals surface area contributed by atoms with Crippen molar-refractivity contribution in [2.45, 2.75) is 6.54 Å². The summed E-state index contributed by atoms with van der Waals surface area (Å²) in [5, 5.41) is 15.3. The zero-order chi connectivity index (χ0) is 5.82. The first kappa shape index (κ1) is 5.24. The molecule has 0 amide bonds. The predicted octanol–water partition coefficient (Wildman–Crippen LogP) is -0.929. The lowest BCUT2D eigenvalue weighted by atomic mass is 10.7. The molecule has 8 heavy (non-hydrogen) atoms. The van der Waals surface area contributed by atoms with Crippen LogP contribution in [0.25, 0.3) is 0 Å². The van der Waals surface area contributed by atoms with E-state index in [0.717, 1.165) is 0 Å². The Morgan fingerprint density at radius 1 is 1.75 bits per heavy atom. The van der Waals surface area contributed by atoms with Crippen molar-refractivity contribution >= 4 is 0 Å². The highest BCUT2D eigenvalue weighted by Crippen LogP contribution is 1.75. The summed E-state index contributed by atoms with van der Waals surface area (Å²) in [6.07, 6.45) is 4.08. The summed E-state index contributed by atoms with van der Waals surface area (Å²) in [7, 11) is 0. The van der Waals surface area contributed by atoms with E-state index in [2.05, 4.69) is 16.5 Å². The van der Waals surface area contributed by atoms with Crippen LogP contribution in [0.1, 0.15) is 0 Å². The fraction of sp³-hybridized carbons (Fsp3) is 0.500. The molecule has 1 radical (unpaired) electrons. The van der Waals surface area contributed by atoms with Crippen LogP contribution >= 0.6 is 0 Å². The second-order valence-electron chi connectivity index (χ2n) is 1.33. The molecule has 0 aromatic carbocycles. The molecule has 0 fully saturated rings. The van der Waals surface area contributed by atoms with Crippen molar-refractivity contribution in [3.05, 3.63) is 12.4 Å². The van der Waals surface area contributed by atoms with Gasteiger partial charge in [0.05, 0.1) is 19.3 Å². The second kappa shape index (κ2) is 2.42. The molecule has 1 aromatic heterocycles. The van der Waals surface area contributed by atoms with E-state index in [1.807, 2.05) is 0 Å². The van der Waals surface area contributed by atoms with E-state index in [0.29, 0.717) is 6.54 Å². The van der Waals surface area contributed by atoms with Crippen LogP contribution in [0.4, 0.5) is 0 Å². The second-order valence-corrected chi connectivity index (χ2v) is 1.33. The van der Waals surface area contributed by atoms with E-state index in [9.17, 15) is 0 Å². The maximum absolute atomic E-state index is 8.34. The van der Waals surface area contributed by atoms with Crippen molar-refractivity contribution in [1.82, 2.24) is 15.0 Å². The quantitative estimate of drug-likeness (QED) is 0.537. The number of aliphatic hydroxyl groups excluding tert-OH is 1. The molecular weight excluding hydrogens is 106 g/mol. The number of hydrogen-bond acceptors (Lipinski definition) is 3. The third kappa shape index (κ3) is 1.04. The molecule has 43 valence electrons. The number of hydrogen-bond donors (Lipinski definition) is 1. The zero-order valence-corrected chi connectivity index (χ0v) is 4.28. The van der Waals surface area contributed by atoms with Crippen molar-refractivity contribution in [1.29, 1.82) is 0 Å². The maximum Gasteiger partial charge on any atom is 0.134 e. The van der Waals surface area contributed by atoms with Gasteiger partial charge in [0.15, 0.2) is 0 Å². The van der Waals surface area contributed by atoms with Gasteiger partial charge in [-0.25, -0.2) is 4.68 Å². The van der Waals surface area contributed by atoms with Crippen molar-refractivity contribution in [2.75, 3.05) is 6.61 Å². The van der Waals surface area contributed by atoms with Crippen molar-refractivity contribution < 1.29 is 5.11 Å². The Balaban J connectivity index is 2.50. The first-order chi connectivity index (χ1) is 3.93. The summed E-state index contributed by atoms with van der Waals surface area (Å²) < 4.78 is 1.51. The minimum atomic E-state index is 0.0944. The maximum atomic E-state index is 8.34. The van der Waals surface area contributed by atoms with Gasteiger partial charge in [-0.1, -0.05) is 5.21 Å². The summed E-state index contributed by atoms with van der Waals surface area (Å²) >= 11 is 0. The highest BCUT2D eigenvalue weighted by molar-refractivity contribution is 4.59. The van der Waals surface area contributed by atoms with E-state index in [1.54, 1.807) is 6.20 Å². The van der Waals surface area contributed by atoms with Gasteiger partial charge in [-0.15, -0.1) is 5.10 Å². The Morgan fingerprint density at radius 3 is 3.12 bits per heavy atom. The molecule has 0 aliphatic rings. The van der Waals surface area contributed by atoms with Crippen molar-refractivity contribution in [3.63, 3.8) is 0 Å². The van der Waals surface area contributed by atoms with Gasteiger partial charge in [0.2, 0.25) is 0 Å². The zero-order valence-electron chi connectivity index (χ0n) is 4.28. The molecule has 1 heterocycles. The van der Waals surface area contributed by atoms with Crippen LogP contribution in [0, 0.1) is 6.20 Å². The minimum absolute atomic E-state index is 0.0944. The molecule has 0 unspecified atom stereocenters. The lowest BCUT2D eigenvalue weighted by Gasteiger charge is -1.90. The Bertz CT molecular complexity index is 137. The topological polar surface area (TPSA) is 50.9 Å². The van der Waals surface area contributed by atoms with Crippen molar-refractivity contribution in [2.24, 2.45) is 0 Å². The normalized spacial score (nSPS) is 9.62. The summed E-state index contributed by atoms with van der Waals surface area (Å²) in [6.45, 7) is 0.591. The Labute approximate surface area is 46.8 Å². The summed E-state index contributed by atoms with van der Waals surface area (Å²) in [5.74, 6) is 0. The van der Waals surface area contributed by atoms with Gasteiger partial charge in [-0.05, 0) is 0 Å². The van der Waals surface area contributed by atoms with Gasteiger partial charge >= 0.3 is 0 Å². The van der Waals surface area contributed by atoms with Crippen LogP contribution < -0.4 is 0 Å². The number of aromatic nitrogens is 3. The van der Waals surface area contributed by atoms with Crippen LogP contribution in [0.3, 0.4) is 0 Å². The molecule has 0 spiro atoms. The average molecular weight is 112 g/mol. The van der Waals surface area contributed by atoms with Gasteiger partial charge in [-0.2, -0.15) is 0 Å². The fourth-order valence-corrected chi connectivity index (χ4v) is 0.413. The van der Waals surface area contributed by atoms with Crippen LogP contribution in [0.15, 0.2) is 6.20 Å². The molecule has 1 N–H and O–H groups in total. The predicted molar refractivity (Wildman–Crippen MR) is 25.9 cm³/mol. The fourth-order valence-electron chi connectivity index (χ4n) is 0.413. The highest BCUT2D eigenvalue weighted by Gasteiger charge is 1.85. The van der Waals surface area contributed by atoms with E-state index < -0.39 is 0 Å². The molecule has 4 nitrogen and oxygen atoms in total. The first-order valence-corrected chi connectivity index (χ1v) is 2.30. The molecule has 1 aromatic rings. The third-order valence-electron chi connectivity index (χ3n) is 0.753. The van der Waals surface area contributed by atoms with Crippen LogP contribution in [0.2, 0.25) is 0 Å². The molecular formula is C4H6N3O. The van der Waals surface area contributed by atoms with E-state index in [4.69, 9.17) is 5.11 Å². The van der Waals surface area contributed by atoms with Gasteiger partial charge < -0.3 is 5.11 Å². The molecule has 0 aliphatic carbocycles. The SMILES string of the molecule is OCCn1c[c]nn1. The van der Waals surface area contributed by atoms with Crippen LogP contribution in [-0.2, 0) is 6.54 Å². The smallest absolute Gasteiger partial charge is 0.134 e. The van der Waals surface area contributed by atoms with Crippen molar-refractivity contribution in [3.8, 4) is 0 Å². The van der Waals surface area contributed by atoms with Gasteiger partial charge in [-0.3, -0.25) is 0 Å². The minimum Gasteiger partial charge on any atom is -0.394 e. The summed E-state index contributed by atoms with van der Waals surface area (Å²) in [6, 6.07) is 0. The number of aliphatic hydroxyl groups is 1. The molecule has 0 atom stereocenters. The molecule has 0 aliphatic heterocycles. The first-order valence-electron chi connectivity index (χ1n) is 2.30. The Kier molecular flexibility index (Phi) is 1.58. The van der Waals surface area contributed by atoms with E-state index in [-0.39, 0.29) is 6.61 Å². The summed E-state index contributed by atoms with van der Waals surface area (Å²) in [4.78, 5) is 0. The van der Waals surface area contributed by atoms with Crippen LogP contribution in [-0.4, -0.2) is 26.7 Å². The molecule has 1 rings (SSSR count). The third-order valence-corrected chi connectivity index (χ3v) is 0.753. The average Bonchev–Trinajstić information content (AvgIpc) is 2.19. The molecule has 0 saturated heterocycles. The van der Waals surface area contributed by atoms with Gasteiger partial charge in [0, 0.05) is 0 Å². The number of nitrogens with zero attached hydrogens (tertiary/aromatic N) is 3. The van der Waals surface area contributed by atoms with E-state index >= 15 is 0 Å². The largest absolute Gasteiger partial charge is 0.394 e. The van der Waals surface area contributed by atoms with Gasteiger partial charge in [0.1, 0.15) is 6.20 Å². The lowest BCUT2D eigenvalue weighted by Crippen LogP contribution is -2.01. The molecule has 0 bridgehead atoms. The standard InChI is InChI=1S/C4H6N3O/c8-4-3-7-2-1-5-6-7/h2,8H,3-4H2. The van der Waals surface area contributed by atoms with Crippen LogP contribution in [0.5, 0.6) is 0 Å².